The highest BCUT2D eigenvalue weighted by atomic mass is 31.2. The van der Waals surface area contributed by atoms with Crippen LogP contribution in [0.15, 0.2) is 36.5 Å². The molecule has 0 aliphatic carbocycles. The Labute approximate surface area is 554 Å². The maximum absolute atomic E-state index is 12.8. The zero-order valence-corrected chi connectivity index (χ0v) is 60.3. The Balaban J connectivity index is 3.73. The summed E-state index contributed by atoms with van der Waals surface area (Å²) < 4.78 is 33.3. The molecule has 0 aromatic heterocycles. The predicted molar refractivity (Wildman–Crippen MR) is 386 cm³/mol. The number of allylic oxidation sites excluding steroid dienone is 6. The molecule has 0 fully saturated rings. The van der Waals surface area contributed by atoms with Gasteiger partial charge in [0.25, 0.3) is 0 Å². The molecule has 89 heavy (non-hydrogen) atoms. The molecule has 0 aliphatic rings. The smallest absolute Gasteiger partial charge is 0.462 e. The molecule has 0 saturated carbocycles. The maximum Gasteiger partial charge on any atom is 0.472 e. The quantitative estimate of drug-likeness (QED) is 0.0264. The van der Waals surface area contributed by atoms with Crippen molar-refractivity contribution in [3.05, 3.63) is 36.5 Å². The molecule has 3 N–H and O–H groups in total. The van der Waals surface area contributed by atoms with Crippen molar-refractivity contribution in [1.82, 2.24) is 0 Å². The van der Waals surface area contributed by atoms with E-state index < -0.39 is 26.5 Å². The lowest BCUT2D eigenvalue weighted by molar-refractivity contribution is -0.161. The number of phosphoric acid groups is 1. The standard InChI is InChI=1S/C79H152NO8P/c1-3-5-7-9-11-13-15-17-19-21-23-25-27-29-31-32-33-34-35-36-37-38-39-40-41-42-43-44-46-48-50-52-54-56-58-60-62-64-66-68-70-72-79(82)88-77(76-87-89(83,84)86-74-73-80)75-85-78(81)71-69-67-65-63-61-59-57-55-53-51-49-47-45-30-28-26-24-22-20-18-16-14-12-10-8-6-4-2/h15,17,21-24,77H,3-14,16,18-20,25-76,80H2,1-2H3,(H,83,84)/b17-15-,23-21-,24-22-. The van der Waals surface area contributed by atoms with E-state index in [9.17, 15) is 19.0 Å². The van der Waals surface area contributed by atoms with Gasteiger partial charge in [-0.2, -0.15) is 0 Å². The number of hydrogen-bond acceptors (Lipinski definition) is 8. The van der Waals surface area contributed by atoms with Crippen molar-refractivity contribution in [3.8, 4) is 0 Å². The number of hydrogen-bond donors (Lipinski definition) is 2. The van der Waals surface area contributed by atoms with Crippen LogP contribution in [0.25, 0.3) is 0 Å². The van der Waals surface area contributed by atoms with Gasteiger partial charge < -0.3 is 20.1 Å². The molecule has 526 valence electrons. The van der Waals surface area contributed by atoms with Gasteiger partial charge in [0.05, 0.1) is 13.2 Å². The molecule has 0 aromatic carbocycles. The van der Waals surface area contributed by atoms with E-state index >= 15 is 0 Å². The molecule has 0 saturated heterocycles. The van der Waals surface area contributed by atoms with Crippen molar-refractivity contribution >= 4 is 19.8 Å². The van der Waals surface area contributed by atoms with E-state index in [1.54, 1.807) is 0 Å². The normalized spacial score (nSPS) is 13.0. The van der Waals surface area contributed by atoms with Gasteiger partial charge in [-0.1, -0.05) is 378 Å². The number of unbranched alkanes of at least 4 members (excludes halogenated alkanes) is 57. The fourth-order valence-corrected chi connectivity index (χ4v) is 12.9. The highest BCUT2D eigenvalue weighted by molar-refractivity contribution is 7.47. The van der Waals surface area contributed by atoms with E-state index in [-0.39, 0.29) is 38.6 Å². The zero-order chi connectivity index (χ0) is 64.4. The molecule has 0 heterocycles. The Bertz CT molecular complexity index is 1550. The Morgan fingerprint density at radius 1 is 0.337 bits per heavy atom. The maximum atomic E-state index is 12.8. The van der Waals surface area contributed by atoms with E-state index in [2.05, 4.69) is 50.3 Å². The Morgan fingerprint density at radius 3 is 0.865 bits per heavy atom. The van der Waals surface area contributed by atoms with E-state index in [0.29, 0.717) is 6.42 Å². The number of phosphoric ester groups is 1. The first-order valence-corrected chi connectivity index (χ1v) is 41.0. The monoisotopic (exact) mass is 1270 g/mol. The number of esters is 2. The average Bonchev–Trinajstić information content (AvgIpc) is 3.58. The third-order valence-electron chi connectivity index (χ3n) is 18.0. The lowest BCUT2D eigenvalue weighted by Gasteiger charge is -2.19. The van der Waals surface area contributed by atoms with Gasteiger partial charge in [0.15, 0.2) is 6.10 Å². The van der Waals surface area contributed by atoms with E-state index in [4.69, 9.17) is 24.3 Å². The first kappa shape index (κ1) is 87.2. The topological polar surface area (TPSA) is 134 Å². The molecule has 2 atom stereocenters. The van der Waals surface area contributed by atoms with Crippen molar-refractivity contribution < 1.29 is 37.6 Å². The summed E-state index contributed by atoms with van der Waals surface area (Å²) in [7, 11) is -4.39. The molecular formula is C79H152NO8P. The van der Waals surface area contributed by atoms with E-state index in [1.807, 2.05) is 0 Å². The minimum atomic E-state index is -4.39. The van der Waals surface area contributed by atoms with Gasteiger partial charge in [-0.25, -0.2) is 4.57 Å². The van der Waals surface area contributed by atoms with Crippen LogP contribution < -0.4 is 5.73 Å². The van der Waals surface area contributed by atoms with Gasteiger partial charge in [0, 0.05) is 19.4 Å². The molecule has 0 amide bonds. The van der Waals surface area contributed by atoms with Crippen molar-refractivity contribution in [2.45, 2.75) is 431 Å². The van der Waals surface area contributed by atoms with Crippen LogP contribution in [0.5, 0.6) is 0 Å². The number of rotatable bonds is 76. The molecule has 9 nitrogen and oxygen atoms in total. The minimum absolute atomic E-state index is 0.0566. The summed E-state index contributed by atoms with van der Waals surface area (Å²) in [6.07, 6.45) is 95.8. The van der Waals surface area contributed by atoms with Crippen LogP contribution in [0, 0.1) is 0 Å². The molecule has 0 radical (unpaired) electrons. The second kappa shape index (κ2) is 75.3. The Kier molecular flexibility index (Phi) is 73.8. The van der Waals surface area contributed by atoms with Crippen LogP contribution in [0.1, 0.15) is 425 Å². The molecule has 0 rings (SSSR count). The van der Waals surface area contributed by atoms with Gasteiger partial charge >= 0.3 is 19.8 Å². The molecule has 0 aliphatic heterocycles. The lowest BCUT2D eigenvalue weighted by atomic mass is 10.0. The molecular weight excluding hydrogens is 1120 g/mol. The first-order valence-electron chi connectivity index (χ1n) is 39.5. The fourth-order valence-electron chi connectivity index (χ4n) is 12.1. The van der Waals surface area contributed by atoms with Gasteiger partial charge in [-0.15, -0.1) is 0 Å². The summed E-state index contributed by atoms with van der Waals surface area (Å²) in [4.78, 5) is 35.4. The summed E-state index contributed by atoms with van der Waals surface area (Å²) in [6, 6.07) is 0. The number of ether oxygens (including phenoxy) is 2. The third-order valence-corrected chi connectivity index (χ3v) is 19.0. The Morgan fingerprint density at radius 2 is 0.584 bits per heavy atom. The summed E-state index contributed by atoms with van der Waals surface area (Å²) >= 11 is 0. The molecule has 2 unspecified atom stereocenters. The Hall–Kier alpha value is -1.77. The number of carbonyl (C=O) groups excluding carboxylic acids is 2. The van der Waals surface area contributed by atoms with Crippen molar-refractivity contribution in [3.63, 3.8) is 0 Å². The second-order valence-electron chi connectivity index (χ2n) is 26.9. The summed E-state index contributed by atoms with van der Waals surface area (Å²) in [5, 5.41) is 0. The first-order chi connectivity index (χ1) is 43.8. The van der Waals surface area contributed by atoms with Gasteiger partial charge in [-0.05, 0) is 70.6 Å². The molecule has 0 bridgehead atoms. The average molecular weight is 1280 g/mol. The van der Waals surface area contributed by atoms with Gasteiger partial charge in [0.2, 0.25) is 0 Å². The zero-order valence-electron chi connectivity index (χ0n) is 59.5. The number of nitrogens with two attached hydrogens (primary N) is 1. The van der Waals surface area contributed by atoms with Crippen LogP contribution in [0.4, 0.5) is 0 Å². The van der Waals surface area contributed by atoms with Crippen molar-refractivity contribution in [1.29, 1.82) is 0 Å². The van der Waals surface area contributed by atoms with Crippen molar-refractivity contribution in [2.75, 3.05) is 26.4 Å². The van der Waals surface area contributed by atoms with E-state index in [1.165, 1.54) is 353 Å². The second-order valence-corrected chi connectivity index (χ2v) is 28.4. The summed E-state index contributed by atoms with van der Waals surface area (Å²) in [5.74, 6) is -0.802. The molecule has 0 spiro atoms. The van der Waals surface area contributed by atoms with Crippen LogP contribution in [0.2, 0.25) is 0 Å². The van der Waals surface area contributed by atoms with E-state index in [0.717, 1.165) is 38.5 Å². The van der Waals surface area contributed by atoms with Crippen LogP contribution in [0.3, 0.4) is 0 Å². The largest absolute Gasteiger partial charge is 0.472 e. The van der Waals surface area contributed by atoms with Crippen LogP contribution >= 0.6 is 7.82 Å². The highest BCUT2D eigenvalue weighted by Crippen LogP contribution is 2.43. The minimum Gasteiger partial charge on any atom is -0.462 e. The SMILES string of the molecule is CCCCCCC/C=C\C/C=C\CCCCCCCCCCCCCCCCCCCCCCCCCCCCCCCC(=O)OC(COC(=O)CCCCCCCCCCCCCCCCC/C=C\CCCCCCCCCC)COP(=O)(O)OCCN. The van der Waals surface area contributed by atoms with Gasteiger partial charge in [0.1, 0.15) is 6.61 Å². The highest BCUT2D eigenvalue weighted by Gasteiger charge is 2.26. The predicted octanol–water partition coefficient (Wildman–Crippen LogP) is 26.2. The summed E-state index contributed by atoms with van der Waals surface area (Å²) in [5.41, 5.74) is 5.41. The lowest BCUT2D eigenvalue weighted by Crippen LogP contribution is -2.29. The van der Waals surface area contributed by atoms with Crippen molar-refractivity contribution in [2.24, 2.45) is 5.73 Å². The van der Waals surface area contributed by atoms with Crippen LogP contribution in [-0.4, -0.2) is 49.3 Å². The third kappa shape index (κ3) is 75.1. The summed E-state index contributed by atoms with van der Waals surface area (Å²) in [6.45, 7) is 3.82. The van der Waals surface area contributed by atoms with Gasteiger partial charge in [-0.3, -0.25) is 18.6 Å². The number of carbonyl (C=O) groups is 2. The fraction of sp³-hybridized carbons (Fsp3) is 0.899. The molecule has 10 heteroatoms. The van der Waals surface area contributed by atoms with Crippen LogP contribution in [-0.2, 0) is 32.7 Å². The molecule has 0 aromatic rings.